The molecule has 0 bridgehead atoms. The molecule has 0 spiro atoms. The lowest BCUT2D eigenvalue weighted by molar-refractivity contribution is 0.308. The number of ether oxygens (including phenoxy) is 1. The molecule has 2 fully saturated rings. The molecule has 0 amide bonds. The van der Waals surface area contributed by atoms with Crippen LogP contribution >= 0.6 is 0 Å². The minimum absolute atomic E-state index is 0.253. The van der Waals surface area contributed by atoms with Crippen molar-refractivity contribution >= 4 is 15.8 Å². The lowest BCUT2D eigenvalue weighted by Crippen LogP contribution is -2.48. The van der Waals surface area contributed by atoms with E-state index in [9.17, 15) is 8.42 Å². The highest BCUT2D eigenvalue weighted by Gasteiger charge is 2.38. The number of aromatic nitrogens is 4. The van der Waals surface area contributed by atoms with E-state index in [0.29, 0.717) is 25.0 Å². The van der Waals surface area contributed by atoms with Gasteiger partial charge < -0.3 is 9.64 Å². The predicted octanol–water partition coefficient (Wildman–Crippen LogP) is 1.04. The van der Waals surface area contributed by atoms with Crippen molar-refractivity contribution in [2.24, 2.45) is 7.05 Å². The zero-order valence-electron chi connectivity index (χ0n) is 15.5. The highest BCUT2D eigenvalue weighted by molar-refractivity contribution is 7.89. The summed E-state index contributed by atoms with van der Waals surface area (Å²) in [5, 5.41) is 3.98. The van der Waals surface area contributed by atoms with Crippen LogP contribution in [0.25, 0.3) is 0 Å². The number of piperidine rings is 1. The summed E-state index contributed by atoms with van der Waals surface area (Å²) in [5.41, 5.74) is 0. The molecule has 1 aliphatic heterocycles. The standard InChI is InChI=1S/C17H24N6O3S/c1-21-11-15(10-20-21)27(24,25)22-7-5-14(6-8-22)23(13-3-4-13)16-9-17(26-2)19-12-18-16/h9-14H,3-8H2,1-2H3. The normalized spacial score (nSPS) is 19.2. The number of hydrogen-bond acceptors (Lipinski definition) is 7. The first-order valence-electron chi connectivity index (χ1n) is 9.12. The van der Waals surface area contributed by atoms with Gasteiger partial charge in [0.05, 0.1) is 13.3 Å². The Morgan fingerprint density at radius 2 is 1.85 bits per heavy atom. The second-order valence-electron chi connectivity index (χ2n) is 7.04. The molecule has 1 aliphatic carbocycles. The summed E-state index contributed by atoms with van der Waals surface area (Å²) in [5.74, 6) is 1.40. The van der Waals surface area contributed by atoms with E-state index in [-0.39, 0.29) is 10.9 Å². The SMILES string of the molecule is COc1cc(N(C2CC2)C2CCN(S(=O)(=O)c3cnn(C)c3)CC2)ncn1. The Morgan fingerprint density at radius 3 is 2.44 bits per heavy atom. The first-order chi connectivity index (χ1) is 13.0. The van der Waals surface area contributed by atoms with Gasteiger partial charge in [0.2, 0.25) is 15.9 Å². The Bertz CT molecular complexity index is 903. The van der Waals surface area contributed by atoms with E-state index in [1.165, 1.54) is 17.2 Å². The van der Waals surface area contributed by atoms with Gasteiger partial charge in [-0.25, -0.2) is 18.4 Å². The van der Waals surface area contributed by atoms with Gasteiger partial charge in [-0.05, 0) is 25.7 Å². The van der Waals surface area contributed by atoms with E-state index in [1.54, 1.807) is 24.7 Å². The number of sulfonamides is 1. The highest BCUT2D eigenvalue weighted by atomic mass is 32.2. The summed E-state index contributed by atoms with van der Waals surface area (Å²) in [7, 11) is -0.175. The third-order valence-electron chi connectivity index (χ3n) is 5.18. The molecular weight excluding hydrogens is 368 g/mol. The van der Waals surface area contributed by atoms with Crippen LogP contribution in [0, 0.1) is 0 Å². The quantitative estimate of drug-likeness (QED) is 0.725. The van der Waals surface area contributed by atoms with Crippen molar-refractivity contribution in [1.82, 2.24) is 24.1 Å². The Labute approximate surface area is 159 Å². The molecule has 1 saturated carbocycles. The molecule has 2 aliphatic rings. The van der Waals surface area contributed by atoms with Crippen LogP contribution in [0.1, 0.15) is 25.7 Å². The van der Waals surface area contributed by atoms with Crippen molar-refractivity contribution in [3.8, 4) is 5.88 Å². The van der Waals surface area contributed by atoms with Crippen LogP contribution in [0.4, 0.5) is 5.82 Å². The summed E-state index contributed by atoms with van der Waals surface area (Å²) >= 11 is 0. The third-order valence-corrected chi connectivity index (χ3v) is 7.03. The summed E-state index contributed by atoms with van der Waals surface area (Å²) in [6.45, 7) is 0.987. The molecule has 2 aromatic rings. The van der Waals surface area contributed by atoms with Crippen LogP contribution in [0.3, 0.4) is 0 Å². The smallest absolute Gasteiger partial charge is 0.246 e. The highest BCUT2D eigenvalue weighted by Crippen LogP contribution is 2.36. The van der Waals surface area contributed by atoms with Gasteiger partial charge in [-0.2, -0.15) is 9.40 Å². The average Bonchev–Trinajstić information content (AvgIpc) is 3.41. The summed E-state index contributed by atoms with van der Waals surface area (Å²) in [6, 6.07) is 2.59. The monoisotopic (exact) mass is 392 g/mol. The molecule has 0 N–H and O–H groups in total. The number of rotatable bonds is 6. The molecule has 0 atom stereocenters. The fraction of sp³-hybridized carbons (Fsp3) is 0.588. The molecule has 0 unspecified atom stereocenters. The molecule has 9 nitrogen and oxygen atoms in total. The van der Waals surface area contributed by atoms with E-state index in [2.05, 4.69) is 20.0 Å². The number of aryl methyl sites for hydroxylation is 1. The van der Waals surface area contributed by atoms with Crippen molar-refractivity contribution in [2.45, 2.75) is 42.7 Å². The van der Waals surface area contributed by atoms with Crippen molar-refractivity contribution in [3.63, 3.8) is 0 Å². The van der Waals surface area contributed by atoms with Gasteiger partial charge in [-0.1, -0.05) is 0 Å². The fourth-order valence-electron chi connectivity index (χ4n) is 3.65. The van der Waals surface area contributed by atoms with E-state index in [1.807, 2.05) is 6.07 Å². The lowest BCUT2D eigenvalue weighted by atomic mass is 10.0. The van der Waals surface area contributed by atoms with Gasteiger partial charge >= 0.3 is 0 Å². The molecule has 0 aromatic carbocycles. The Balaban J connectivity index is 1.49. The van der Waals surface area contributed by atoms with Gasteiger partial charge in [0.15, 0.2) is 0 Å². The minimum Gasteiger partial charge on any atom is -0.481 e. The number of hydrogen-bond donors (Lipinski definition) is 0. The minimum atomic E-state index is -3.48. The zero-order valence-corrected chi connectivity index (χ0v) is 16.3. The van der Waals surface area contributed by atoms with Gasteiger partial charge in [-0.15, -0.1) is 0 Å². The van der Waals surface area contributed by atoms with Crippen LogP contribution in [-0.2, 0) is 17.1 Å². The first kappa shape index (κ1) is 18.2. The second-order valence-corrected chi connectivity index (χ2v) is 8.98. The summed E-state index contributed by atoms with van der Waals surface area (Å²) in [4.78, 5) is 11.1. The molecular formula is C17H24N6O3S. The molecule has 0 radical (unpaired) electrons. The number of anilines is 1. The average molecular weight is 392 g/mol. The van der Waals surface area contributed by atoms with E-state index in [4.69, 9.17) is 4.74 Å². The maximum Gasteiger partial charge on any atom is 0.246 e. The lowest BCUT2D eigenvalue weighted by Gasteiger charge is -2.38. The first-order valence-corrected chi connectivity index (χ1v) is 10.6. The summed E-state index contributed by atoms with van der Waals surface area (Å²) < 4.78 is 33.9. The summed E-state index contributed by atoms with van der Waals surface area (Å²) in [6.07, 6.45) is 8.29. The van der Waals surface area contributed by atoms with Gasteiger partial charge in [0.1, 0.15) is 17.0 Å². The Morgan fingerprint density at radius 1 is 1.15 bits per heavy atom. The molecule has 4 rings (SSSR count). The van der Waals surface area contributed by atoms with Crippen LogP contribution in [0.5, 0.6) is 5.88 Å². The zero-order chi connectivity index (χ0) is 19.0. The van der Waals surface area contributed by atoms with Crippen molar-refractivity contribution < 1.29 is 13.2 Å². The van der Waals surface area contributed by atoms with Crippen molar-refractivity contribution in [2.75, 3.05) is 25.1 Å². The van der Waals surface area contributed by atoms with Gasteiger partial charge in [0, 0.05) is 44.5 Å². The van der Waals surface area contributed by atoms with Gasteiger partial charge in [0.25, 0.3) is 0 Å². The number of nitrogens with zero attached hydrogens (tertiary/aromatic N) is 6. The molecule has 27 heavy (non-hydrogen) atoms. The predicted molar refractivity (Wildman–Crippen MR) is 99.1 cm³/mol. The van der Waals surface area contributed by atoms with E-state index in [0.717, 1.165) is 31.5 Å². The van der Waals surface area contributed by atoms with Crippen molar-refractivity contribution in [3.05, 3.63) is 24.8 Å². The van der Waals surface area contributed by atoms with Crippen LogP contribution in [0.15, 0.2) is 29.7 Å². The van der Waals surface area contributed by atoms with Crippen LogP contribution < -0.4 is 9.64 Å². The van der Waals surface area contributed by atoms with Crippen LogP contribution in [-0.4, -0.2) is 64.8 Å². The molecule has 1 saturated heterocycles. The second kappa shape index (κ2) is 7.08. The van der Waals surface area contributed by atoms with E-state index >= 15 is 0 Å². The topological polar surface area (TPSA) is 93.5 Å². The third kappa shape index (κ3) is 3.63. The largest absolute Gasteiger partial charge is 0.481 e. The van der Waals surface area contributed by atoms with Crippen molar-refractivity contribution in [1.29, 1.82) is 0 Å². The fourth-order valence-corrected chi connectivity index (χ4v) is 5.11. The Hall–Kier alpha value is -2.20. The molecule has 2 aromatic heterocycles. The molecule has 3 heterocycles. The van der Waals surface area contributed by atoms with E-state index < -0.39 is 10.0 Å². The molecule has 10 heteroatoms. The van der Waals surface area contributed by atoms with Gasteiger partial charge in [-0.3, -0.25) is 4.68 Å². The van der Waals surface area contributed by atoms with Crippen LogP contribution in [0.2, 0.25) is 0 Å². The maximum absolute atomic E-state index is 12.8. The molecule has 146 valence electrons. The Kier molecular flexibility index (Phi) is 4.77. The maximum atomic E-state index is 12.8. The number of methoxy groups -OCH3 is 1.